The van der Waals surface area contributed by atoms with Gasteiger partial charge in [-0.25, -0.2) is 0 Å². The van der Waals surface area contributed by atoms with Crippen LogP contribution in [0.4, 0.5) is 5.69 Å². The van der Waals surface area contributed by atoms with E-state index in [1.165, 1.54) is 0 Å². The molecular formula is C15H21NO3. The summed E-state index contributed by atoms with van der Waals surface area (Å²) in [7, 11) is 0. The Morgan fingerprint density at radius 1 is 1.26 bits per heavy atom. The van der Waals surface area contributed by atoms with Crippen molar-refractivity contribution >= 4 is 17.6 Å². The Bertz CT molecular complexity index is 439. The molecule has 2 N–H and O–H groups in total. The summed E-state index contributed by atoms with van der Waals surface area (Å²) in [5.74, 6) is -0.483. The number of anilines is 1. The molecule has 4 heteroatoms. The van der Waals surface area contributed by atoms with Gasteiger partial charge in [-0.05, 0) is 23.6 Å². The molecule has 19 heavy (non-hydrogen) atoms. The minimum atomic E-state index is -0.875. The number of carboxylic acids is 1. The molecule has 0 aliphatic rings. The fraction of sp³-hybridized carbons (Fsp3) is 0.467. The first-order chi connectivity index (χ1) is 9.05. The summed E-state index contributed by atoms with van der Waals surface area (Å²) >= 11 is 0. The summed E-state index contributed by atoms with van der Waals surface area (Å²) in [6, 6.07) is 6.98. The van der Waals surface area contributed by atoms with E-state index >= 15 is 0 Å². The average molecular weight is 263 g/mol. The molecule has 104 valence electrons. The van der Waals surface area contributed by atoms with Crippen LogP contribution in [0.15, 0.2) is 24.3 Å². The summed E-state index contributed by atoms with van der Waals surface area (Å²) in [6.07, 6.45) is 2.46. The normalized spacial score (nSPS) is 10.5. The maximum absolute atomic E-state index is 11.8. The number of nitrogens with one attached hydrogen (secondary N) is 1. The molecule has 0 heterocycles. The minimum absolute atomic E-state index is 0.0128. The van der Waals surface area contributed by atoms with Gasteiger partial charge in [0.1, 0.15) is 0 Å². The molecule has 0 atom stereocenters. The van der Waals surface area contributed by atoms with Gasteiger partial charge in [-0.15, -0.1) is 0 Å². The van der Waals surface area contributed by atoms with Gasteiger partial charge >= 0.3 is 5.97 Å². The summed E-state index contributed by atoms with van der Waals surface area (Å²) in [6.45, 7) is 4.16. The van der Waals surface area contributed by atoms with Crippen molar-refractivity contribution in [3.63, 3.8) is 0 Å². The van der Waals surface area contributed by atoms with E-state index in [-0.39, 0.29) is 12.3 Å². The van der Waals surface area contributed by atoms with E-state index < -0.39 is 5.97 Å². The van der Waals surface area contributed by atoms with Gasteiger partial charge in [-0.3, -0.25) is 9.59 Å². The zero-order valence-corrected chi connectivity index (χ0v) is 11.5. The van der Waals surface area contributed by atoms with Crippen LogP contribution >= 0.6 is 0 Å². The third-order valence-corrected chi connectivity index (χ3v) is 3.19. The molecule has 1 aromatic carbocycles. The minimum Gasteiger partial charge on any atom is -0.481 e. The fourth-order valence-corrected chi connectivity index (χ4v) is 1.99. The number of rotatable bonds is 7. The SMILES string of the molecule is CCC(CC)CC(=O)Nc1cccc(CC(=O)O)c1. The quantitative estimate of drug-likeness (QED) is 0.794. The molecule has 0 spiro atoms. The zero-order chi connectivity index (χ0) is 14.3. The summed E-state index contributed by atoms with van der Waals surface area (Å²) in [5.41, 5.74) is 1.35. The van der Waals surface area contributed by atoms with Gasteiger partial charge in [-0.2, -0.15) is 0 Å². The maximum atomic E-state index is 11.8. The summed E-state index contributed by atoms with van der Waals surface area (Å²) in [5, 5.41) is 11.6. The van der Waals surface area contributed by atoms with E-state index in [0.717, 1.165) is 12.8 Å². The molecule has 0 unspecified atom stereocenters. The predicted octanol–water partition coefficient (Wildman–Crippen LogP) is 3.08. The van der Waals surface area contributed by atoms with E-state index in [1.54, 1.807) is 24.3 Å². The number of hydrogen-bond donors (Lipinski definition) is 2. The second-order valence-electron chi connectivity index (χ2n) is 4.71. The first-order valence-electron chi connectivity index (χ1n) is 6.65. The van der Waals surface area contributed by atoms with Crippen molar-refractivity contribution in [2.75, 3.05) is 5.32 Å². The van der Waals surface area contributed by atoms with Crippen LogP contribution in [-0.2, 0) is 16.0 Å². The Hall–Kier alpha value is -1.84. The van der Waals surface area contributed by atoms with Crippen molar-refractivity contribution in [2.24, 2.45) is 5.92 Å². The van der Waals surface area contributed by atoms with E-state index in [2.05, 4.69) is 19.2 Å². The highest BCUT2D eigenvalue weighted by atomic mass is 16.4. The highest BCUT2D eigenvalue weighted by molar-refractivity contribution is 5.91. The molecule has 0 bridgehead atoms. The van der Waals surface area contributed by atoms with Crippen LogP contribution in [0, 0.1) is 5.92 Å². The van der Waals surface area contributed by atoms with Crippen LogP contribution in [0.3, 0.4) is 0 Å². The van der Waals surface area contributed by atoms with Gasteiger partial charge < -0.3 is 10.4 Å². The molecule has 1 aromatic rings. The number of hydrogen-bond acceptors (Lipinski definition) is 2. The first kappa shape index (κ1) is 15.2. The zero-order valence-electron chi connectivity index (χ0n) is 11.5. The van der Waals surface area contributed by atoms with Crippen molar-refractivity contribution in [3.8, 4) is 0 Å². The highest BCUT2D eigenvalue weighted by Crippen LogP contribution is 2.16. The molecule has 0 aliphatic heterocycles. The second kappa shape index (κ2) is 7.56. The van der Waals surface area contributed by atoms with Crippen molar-refractivity contribution in [1.29, 1.82) is 0 Å². The lowest BCUT2D eigenvalue weighted by molar-refractivity contribution is -0.136. The van der Waals surface area contributed by atoms with E-state index in [0.29, 0.717) is 23.6 Å². The van der Waals surface area contributed by atoms with Crippen molar-refractivity contribution in [3.05, 3.63) is 29.8 Å². The van der Waals surface area contributed by atoms with E-state index in [9.17, 15) is 9.59 Å². The van der Waals surface area contributed by atoms with E-state index in [4.69, 9.17) is 5.11 Å². The largest absolute Gasteiger partial charge is 0.481 e. The Labute approximate surface area is 113 Å². The lowest BCUT2D eigenvalue weighted by Gasteiger charge is -2.12. The monoisotopic (exact) mass is 263 g/mol. The van der Waals surface area contributed by atoms with Crippen molar-refractivity contribution in [1.82, 2.24) is 0 Å². The Kier molecular flexibility index (Phi) is 6.06. The van der Waals surface area contributed by atoms with Gasteiger partial charge in [-0.1, -0.05) is 38.8 Å². The third kappa shape index (κ3) is 5.55. The van der Waals surface area contributed by atoms with Crippen molar-refractivity contribution < 1.29 is 14.7 Å². The molecule has 0 fully saturated rings. The maximum Gasteiger partial charge on any atom is 0.307 e. The molecule has 0 aliphatic carbocycles. The number of carbonyl (C=O) groups is 2. The number of amides is 1. The van der Waals surface area contributed by atoms with Gasteiger partial charge in [0.25, 0.3) is 0 Å². The van der Waals surface area contributed by atoms with Crippen LogP contribution in [0.2, 0.25) is 0 Å². The molecule has 0 aromatic heterocycles. The average Bonchev–Trinajstić information content (AvgIpc) is 2.35. The fourth-order valence-electron chi connectivity index (χ4n) is 1.99. The molecular weight excluding hydrogens is 242 g/mol. The molecule has 0 saturated carbocycles. The summed E-state index contributed by atoms with van der Waals surface area (Å²) in [4.78, 5) is 22.5. The number of aliphatic carboxylic acids is 1. The highest BCUT2D eigenvalue weighted by Gasteiger charge is 2.10. The molecule has 1 amide bonds. The van der Waals surface area contributed by atoms with Gasteiger partial charge in [0.05, 0.1) is 6.42 Å². The second-order valence-corrected chi connectivity index (χ2v) is 4.71. The predicted molar refractivity (Wildman–Crippen MR) is 75.1 cm³/mol. The molecule has 4 nitrogen and oxygen atoms in total. The topological polar surface area (TPSA) is 66.4 Å². The number of carboxylic acid groups (broad SMARTS) is 1. The van der Waals surface area contributed by atoms with E-state index in [1.807, 2.05) is 0 Å². The van der Waals surface area contributed by atoms with Crippen LogP contribution < -0.4 is 5.32 Å². The lowest BCUT2D eigenvalue weighted by Crippen LogP contribution is -2.16. The molecule has 0 saturated heterocycles. The first-order valence-corrected chi connectivity index (χ1v) is 6.65. The Balaban J connectivity index is 2.61. The van der Waals surface area contributed by atoms with Crippen molar-refractivity contribution in [2.45, 2.75) is 39.5 Å². The number of carbonyl (C=O) groups excluding carboxylic acids is 1. The lowest BCUT2D eigenvalue weighted by atomic mass is 9.99. The van der Waals surface area contributed by atoms with Crippen LogP contribution in [0.1, 0.15) is 38.7 Å². The van der Waals surface area contributed by atoms with Gasteiger partial charge in [0.2, 0.25) is 5.91 Å². The smallest absolute Gasteiger partial charge is 0.307 e. The van der Waals surface area contributed by atoms with Gasteiger partial charge in [0.15, 0.2) is 0 Å². The molecule has 0 radical (unpaired) electrons. The Morgan fingerprint density at radius 2 is 1.95 bits per heavy atom. The third-order valence-electron chi connectivity index (χ3n) is 3.19. The standard InChI is InChI=1S/C15H21NO3/c1-3-11(4-2)9-14(17)16-13-7-5-6-12(8-13)10-15(18)19/h5-8,11H,3-4,9-10H2,1-2H3,(H,16,17)(H,18,19). The van der Waals surface area contributed by atoms with Crippen LogP contribution in [0.25, 0.3) is 0 Å². The molecule has 1 rings (SSSR count). The number of benzene rings is 1. The summed E-state index contributed by atoms with van der Waals surface area (Å²) < 4.78 is 0. The Morgan fingerprint density at radius 3 is 2.53 bits per heavy atom. The van der Waals surface area contributed by atoms with Gasteiger partial charge in [0, 0.05) is 12.1 Å². The van der Waals surface area contributed by atoms with Crippen LogP contribution in [0.5, 0.6) is 0 Å². The van der Waals surface area contributed by atoms with Crippen LogP contribution in [-0.4, -0.2) is 17.0 Å².